The summed E-state index contributed by atoms with van der Waals surface area (Å²) in [5, 5.41) is 4.36. The first-order valence-corrected chi connectivity index (χ1v) is 6.59. The molecule has 0 radical (unpaired) electrons. The molecule has 1 aromatic carbocycles. The van der Waals surface area contributed by atoms with Crippen LogP contribution in [-0.4, -0.2) is 19.8 Å². The van der Waals surface area contributed by atoms with Crippen LogP contribution in [-0.2, 0) is 11.3 Å². The summed E-state index contributed by atoms with van der Waals surface area (Å²) in [4.78, 5) is 0. The molecule has 1 aromatic rings. The van der Waals surface area contributed by atoms with Gasteiger partial charge in [-0.15, -0.1) is 0 Å². The minimum atomic E-state index is 0.375. The Kier molecular flexibility index (Phi) is 4.43. The third-order valence-corrected chi connectivity index (χ3v) is 3.89. The number of rotatable bonds is 4. The van der Waals surface area contributed by atoms with E-state index < -0.39 is 0 Å². The van der Waals surface area contributed by atoms with E-state index in [2.05, 4.69) is 18.3 Å². The average Bonchev–Trinajstić information content (AvgIpc) is 2.32. The number of hydrogen-bond acceptors (Lipinski definition) is 2. The van der Waals surface area contributed by atoms with Gasteiger partial charge in [0.1, 0.15) is 0 Å². The summed E-state index contributed by atoms with van der Waals surface area (Å²) in [5.41, 5.74) is 1.55. The number of halogens is 1. The van der Waals surface area contributed by atoms with E-state index in [1.807, 2.05) is 18.2 Å². The molecule has 0 atom stereocenters. The fourth-order valence-electron chi connectivity index (χ4n) is 2.18. The zero-order valence-electron chi connectivity index (χ0n) is 10.3. The summed E-state index contributed by atoms with van der Waals surface area (Å²) in [7, 11) is 0. The molecule has 1 saturated heterocycles. The maximum atomic E-state index is 6.12. The molecule has 3 heteroatoms. The molecule has 1 fully saturated rings. The Labute approximate surface area is 108 Å². The zero-order chi connectivity index (χ0) is 12.1. The highest BCUT2D eigenvalue weighted by Gasteiger charge is 2.26. The lowest BCUT2D eigenvalue weighted by Gasteiger charge is -2.33. The lowest BCUT2D eigenvalue weighted by atomic mass is 9.82. The van der Waals surface area contributed by atoms with Gasteiger partial charge in [-0.1, -0.05) is 36.7 Å². The topological polar surface area (TPSA) is 21.3 Å². The minimum absolute atomic E-state index is 0.375. The van der Waals surface area contributed by atoms with Gasteiger partial charge >= 0.3 is 0 Å². The smallest absolute Gasteiger partial charge is 0.0471 e. The molecule has 1 aliphatic heterocycles. The van der Waals surface area contributed by atoms with Crippen molar-refractivity contribution in [2.45, 2.75) is 26.3 Å². The summed E-state index contributed by atoms with van der Waals surface area (Å²) in [6.45, 7) is 5.99. The fraction of sp³-hybridized carbons (Fsp3) is 0.571. The van der Waals surface area contributed by atoms with Crippen LogP contribution in [0.1, 0.15) is 25.3 Å². The summed E-state index contributed by atoms with van der Waals surface area (Å²) in [6.07, 6.45) is 2.28. The van der Waals surface area contributed by atoms with Gasteiger partial charge in [-0.25, -0.2) is 0 Å². The van der Waals surface area contributed by atoms with Gasteiger partial charge in [0.25, 0.3) is 0 Å². The lowest BCUT2D eigenvalue weighted by Crippen LogP contribution is -2.36. The molecule has 0 unspecified atom stereocenters. The molecular formula is C14H20ClNO. The van der Waals surface area contributed by atoms with Gasteiger partial charge < -0.3 is 10.1 Å². The molecule has 17 heavy (non-hydrogen) atoms. The highest BCUT2D eigenvalue weighted by atomic mass is 35.5. The predicted octanol–water partition coefficient (Wildman–Crippen LogP) is 3.25. The number of ether oxygens (including phenoxy) is 1. The third kappa shape index (κ3) is 3.70. The molecule has 1 heterocycles. The van der Waals surface area contributed by atoms with Crippen LogP contribution in [0.15, 0.2) is 24.3 Å². The fourth-order valence-corrected chi connectivity index (χ4v) is 2.38. The molecule has 0 aromatic heterocycles. The van der Waals surface area contributed by atoms with E-state index in [1.165, 1.54) is 5.56 Å². The van der Waals surface area contributed by atoms with Crippen LogP contribution in [0.5, 0.6) is 0 Å². The Bertz CT molecular complexity index is 361. The van der Waals surface area contributed by atoms with Crippen LogP contribution in [0.4, 0.5) is 0 Å². The number of benzene rings is 1. The summed E-state index contributed by atoms with van der Waals surface area (Å²) in [5.74, 6) is 0. The van der Waals surface area contributed by atoms with Crippen molar-refractivity contribution in [2.75, 3.05) is 19.8 Å². The molecule has 1 N–H and O–H groups in total. The van der Waals surface area contributed by atoms with Gasteiger partial charge in [0, 0.05) is 31.3 Å². The second kappa shape index (κ2) is 5.85. The first kappa shape index (κ1) is 12.9. The van der Waals surface area contributed by atoms with Crippen molar-refractivity contribution in [1.29, 1.82) is 0 Å². The predicted molar refractivity (Wildman–Crippen MR) is 71.3 cm³/mol. The van der Waals surface area contributed by atoms with Crippen molar-refractivity contribution in [2.24, 2.45) is 5.41 Å². The highest BCUT2D eigenvalue weighted by molar-refractivity contribution is 6.31. The Balaban J connectivity index is 1.81. The minimum Gasteiger partial charge on any atom is -0.381 e. The van der Waals surface area contributed by atoms with Crippen LogP contribution in [0, 0.1) is 5.41 Å². The third-order valence-electron chi connectivity index (χ3n) is 3.52. The molecule has 2 rings (SSSR count). The Morgan fingerprint density at radius 1 is 1.29 bits per heavy atom. The van der Waals surface area contributed by atoms with E-state index in [1.54, 1.807) is 0 Å². The Morgan fingerprint density at radius 2 is 2.00 bits per heavy atom. The van der Waals surface area contributed by atoms with Crippen molar-refractivity contribution >= 4 is 11.6 Å². The molecule has 0 spiro atoms. The van der Waals surface area contributed by atoms with E-state index in [-0.39, 0.29) is 0 Å². The Hall–Kier alpha value is -0.570. The molecule has 0 bridgehead atoms. The summed E-state index contributed by atoms with van der Waals surface area (Å²) < 4.78 is 5.40. The van der Waals surface area contributed by atoms with Gasteiger partial charge in [0.15, 0.2) is 0 Å². The summed E-state index contributed by atoms with van der Waals surface area (Å²) in [6, 6.07) is 8.00. The van der Waals surface area contributed by atoms with Crippen LogP contribution < -0.4 is 5.32 Å². The van der Waals surface area contributed by atoms with E-state index in [0.717, 1.165) is 44.2 Å². The van der Waals surface area contributed by atoms with Crippen molar-refractivity contribution in [3.8, 4) is 0 Å². The van der Waals surface area contributed by atoms with Crippen molar-refractivity contribution in [3.05, 3.63) is 34.9 Å². The second-order valence-corrected chi connectivity index (χ2v) is 5.53. The second-order valence-electron chi connectivity index (χ2n) is 5.12. The van der Waals surface area contributed by atoms with Crippen molar-refractivity contribution < 1.29 is 4.74 Å². The van der Waals surface area contributed by atoms with Gasteiger partial charge in [0.2, 0.25) is 0 Å². The van der Waals surface area contributed by atoms with E-state index in [9.17, 15) is 0 Å². The molecule has 0 amide bonds. The van der Waals surface area contributed by atoms with E-state index >= 15 is 0 Å². The molecular weight excluding hydrogens is 234 g/mol. The average molecular weight is 254 g/mol. The van der Waals surface area contributed by atoms with Gasteiger partial charge in [0.05, 0.1) is 0 Å². The number of nitrogens with one attached hydrogen (secondary N) is 1. The maximum Gasteiger partial charge on any atom is 0.0471 e. The monoisotopic (exact) mass is 253 g/mol. The van der Waals surface area contributed by atoms with Crippen LogP contribution >= 0.6 is 11.6 Å². The zero-order valence-corrected chi connectivity index (χ0v) is 11.1. The molecule has 0 saturated carbocycles. The lowest BCUT2D eigenvalue weighted by molar-refractivity contribution is 0.0240. The quantitative estimate of drug-likeness (QED) is 0.890. The molecule has 1 aliphatic rings. The first-order valence-electron chi connectivity index (χ1n) is 6.22. The van der Waals surface area contributed by atoms with Crippen molar-refractivity contribution in [3.63, 3.8) is 0 Å². The number of hydrogen-bond donors (Lipinski definition) is 1. The van der Waals surface area contributed by atoms with Crippen molar-refractivity contribution in [1.82, 2.24) is 5.32 Å². The van der Waals surface area contributed by atoms with Crippen LogP contribution in [0.2, 0.25) is 5.02 Å². The molecule has 0 aliphatic carbocycles. The SMILES string of the molecule is CC1(CNCc2ccccc2Cl)CCOCC1. The van der Waals surface area contributed by atoms with Crippen LogP contribution in [0.25, 0.3) is 0 Å². The van der Waals surface area contributed by atoms with Gasteiger partial charge in [-0.05, 0) is 29.9 Å². The van der Waals surface area contributed by atoms with Gasteiger partial charge in [-0.2, -0.15) is 0 Å². The highest BCUT2D eigenvalue weighted by Crippen LogP contribution is 2.28. The summed E-state index contributed by atoms with van der Waals surface area (Å²) >= 11 is 6.12. The Morgan fingerprint density at radius 3 is 2.71 bits per heavy atom. The standard InChI is InChI=1S/C14H20ClNO/c1-14(6-8-17-9-7-14)11-16-10-12-4-2-3-5-13(12)15/h2-5,16H,6-11H2,1H3. The first-order chi connectivity index (χ1) is 8.20. The maximum absolute atomic E-state index is 6.12. The molecule has 2 nitrogen and oxygen atoms in total. The largest absolute Gasteiger partial charge is 0.381 e. The van der Waals surface area contributed by atoms with E-state index in [0.29, 0.717) is 5.41 Å². The van der Waals surface area contributed by atoms with Crippen LogP contribution in [0.3, 0.4) is 0 Å². The molecule has 94 valence electrons. The van der Waals surface area contributed by atoms with E-state index in [4.69, 9.17) is 16.3 Å². The van der Waals surface area contributed by atoms with Gasteiger partial charge in [-0.3, -0.25) is 0 Å². The normalized spacial score (nSPS) is 19.2.